The Balaban J connectivity index is 2.24. The summed E-state index contributed by atoms with van der Waals surface area (Å²) in [6, 6.07) is 9.57. The summed E-state index contributed by atoms with van der Waals surface area (Å²) in [7, 11) is 0. The third-order valence-corrected chi connectivity index (χ3v) is 10.0. The van der Waals surface area contributed by atoms with Crippen molar-refractivity contribution in [1.82, 2.24) is 0 Å². The maximum atomic E-state index is 3.43. The van der Waals surface area contributed by atoms with Crippen LogP contribution in [0.25, 0.3) is 0 Å². The molecule has 0 spiro atoms. The Hall–Kier alpha value is -0.980. The molecule has 2 rings (SSSR count). The van der Waals surface area contributed by atoms with Crippen LogP contribution in [-0.4, -0.2) is 0 Å². The smallest absolute Gasteiger partial charge is 0.0392 e. The first-order chi connectivity index (χ1) is 20.5. The molecule has 2 aromatic carbocycles. The minimum Gasteiger partial charge on any atom is -0.0654 e. The summed E-state index contributed by atoms with van der Waals surface area (Å²) in [5.41, 5.74) is 8.39. The second-order valence-electron chi connectivity index (χ2n) is 11.9. The van der Waals surface area contributed by atoms with Gasteiger partial charge in [-0.05, 0) is 155 Å². The van der Waals surface area contributed by atoms with Gasteiger partial charge in [-0.25, -0.2) is 0 Å². The van der Waals surface area contributed by atoms with Gasteiger partial charge in [0, 0.05) is 18.3 Å². The van der Waals surface area contributed by atoms with Crippen LogP contribution in [0.1, 0.15) is 164 Å². The van der Waals surface area contributed by atoms with Gasteiger partial charge >= 0.3 is 0 Å². The van der Waals surface area contributed by atoms with E-state index in [1.54, 1.807) is 11.1 Å². The Labute approximate surface area is 287 Å². The van der Waals surface area contributed by atoms with Crippen LogP contribution in [0.5, 0.6) is 0 Å². The number of halogens is 2. The molecule has 0 heterocycles. The highest BCUT2D eigenvalue weighted by molar-refractivity contribution is 14.1. The Morgan fingerprint density at radius 1 is 0.405 bits per heavy atom. The summed E-state index contributed by atoms with van der Waals surface area (Å²) in [5.74, 6) is 13.3. The second kappa shape index (κ2) is 23.4. The molecule has 0 bridgehead atoms. The molecule has 0 nitrogen and oxygen atoms in total. The van der Waals surface area contributed by atoms with Gasteiger partial charge in [-0.2, -0.15) is 0 Å². The molecule has 2 aromatic rings. The van der Waals surface area contributed by atoms with Gasteiger partial charge in [-0.15, -0.1) is 0 Å². The second-order valence-corrected chi connectivity index (χ2v) is 14.3. The minimum absolute atomic E-state index is 1.14. The van der Waals surface area contributed by atoms with E-state index >= 15 is 0 Å². The SMILES string of the molecule is CCCCCCc1cc(I)c(C#CC#Cc2cc(CCCCCC)c(CCCCCC)cc2I)cc1CCCCCC. The molecule has 0 N–H and O–H groups in total. The van der Waals surface area contributed by atoms with Crippen molar-refractivity contribution >= 4 is 45.2 Å². The zero-order valence-corrected chi connectivity index (χ0v) is 31.5. The number of hydrogen-bond acceptors (Lipinski definition) is 0. The molecule has 42 heavy (non-hydrogen) atoms. The predicted octanol–water partition coefficient (Wildman–Crippen LogP) is 12.8. The molecule has 0 aliphatic carbocycles. The van der Waals surface area contributed by atoms with Gasteiger partial charge in [0.2, 0.25) is 0 Å². The van der Waals surface area contributed by atoms with E-state index in [0.29, 0.717) is 0 Å². The predicted molar refractivity (Wildman–Crippen MR) is 203 cm³/mol. The Morgan fingerprint density at radius 2 is 0.690 bits per heavy atom. The Morgan fingerprint density at radius 3 is 0.976 bits per heavy atom. The van der Waals surface area contributed by atoms with E-state index in [9.17, 15) is 0 Å². The lowest BCUT2D eigenvalue weighted by Crippen LogP contribution is -1.99. The maximum Gasteiger partial charge on any atom is 0.0392 e. The first kappa shape index (κ1) is 37.2. The molecule has 0 aliphatic rings. The van der Waals surface area contributed by atoms with Gasteiger partial charge in [-0.3, -0.25) is 0 Å². The summed E-state index contributed by atoms with van der Waals surface area (Å²) in [5, 5.41) is 0. The van der Waals surface area contributed by atoms with E-state index in [2.05, 4.69) is 121 Å². The van der Waals surface area contributed by atoms with Crippen molar-refractivity contribution < 1.29 is 0 Å². The topological polar surface area (TPSA) is 0 Å². The van der Waals surface area contributed by atoms with E-state index in [-0.39, 0.29) is 0 Å². The summed E-state index contributed by atoms with van der Waals surface area (Å²) in [6.45, 7) is 9.16. The van der Waals surface area contributed by atoms with E-state index in [0.717, 1.165) is 11.1 Å². The molecular formula is C40H56I2. The van der Waals surface area contributed by atoms with Gasteiger partial charge in [-0.1, -0.05) is 117 Å². The average molecular weight is 791 g/mol. The lowest BCUT2D eigenvalue weighted by molar-refractivity contribution is 0.650. The fraction of sp³-hybridized carbons (Fsp3) is 0.600. The number of benzene rings is 2. The standard InChI is InChI=1S/C40H56I2/c1-5-9-13-17-23-33-29-37(39(41)31-35(33)25-19-15-11-7-3)27-21-22-28-38-30-34(24-18-14-10-6-2)36(32-40(38)42)26-20-16-12-8-4/h29-32H,5-20,23-26H2,1-4H3. The first-order valence-corrected chi connectivity index (χ1v) is 19.3. The highest BCUT2D eigenvalue weighted by Crippen LogP contribution is 2.24. The molecule has 0 aliphatic heterocycles. The highest BCUT2D eigenvalue weighted by Gasteiger charge is 2.09. The quantitative estimate of drug-likeness (QED) is 0.0712. The average Bonchev–Trinajstić information content (AvgIpc) is 2.98. The molecule has 0 radical (unpaired) electrons. The maximum absolute atomic E-state index is 3.43. The van der Waals surface area contributed by atoms with Crippen LogP contribution >= 0.6 is 45.2 Å². The van der Waals surface area contributed by atoms with Crippen molar-refractivity contribution in [3.63, 3.8) is 0 Å². The van der Waals surface area contributed by atoms with Crippen molar-refractivity contribution in [3.8, 4) is 23.7 Å². The van der Waals surface area contributed by atoms with Crippen molar-refractivity contribution in [3.05, 3.63) is 64.8 Å². The normalized spacial score (nSPS) is 10.7. The van der Waals surface area contributed by atoms with Crippen molar-refractivity contribution in [2.45, 2.75) is 156 Å². The summed E-state index contributed by atoms with van der Waals surface area (Å²) >= 11 is 4.96. The third-order valence-electron chi connectivity index (χ3n) is 8.23. The number of hydrogen-bond donors (Lipinski definition) is 0. The van der Waals surface area contributed by atoms with Crippen molar-refractivity contribution in [2.24, 2.45) is 0 Å². The van der Waals surface area contributed by atoms with E-state index in [1.165, 1.54) is 147 Å². The van der Waals surface area contributed by atoms with Crippen LogP contribution in [0.4, 0.5) is 0 Å². The zero-order valence-electron chi connectivity index (χ0n) is 27.2. The van der Waals surface area contributed by atoms with Crippen LogP contribution in [0.3, 0.4) is 0 Å². The largest absolute Gasteiger partial charge is 0.0654 e. The molecule has 0 aromatic heterocycles. The Kier molecular flexibility index (Phi) is 20.7. The first-order valence-electron chi connectivity index (χ1n) is 17.2. The van der Waals surface area contributed by atoms with Gasteiger partial charge in [0.15, 0.2) is 0 Å². The van der Waals surface area contributed by atoms with Crippen LogP contribution < -0.4 is 0 Å². The molecule has 230 valence electrons. The molecule has 0 fully saturated rings. The van der Waals surface area contributed by atoms with Crippen molar-refractivity contribution in [1.29, 1.82) is 0 Å². The van der Waals surface area contributed by atoms with Crippen LogP contribution in [0, 0.1) is 30.8 Å². The molecule has 0 amide bonds. The number of rotatable bonds is 20. The lowest BCUT2D eigenvalue weighted by Gasteiger charge is -2.12. The Bertz CT molecular complexity index is 1070. The van der Waals surface area contributed by atoms with Crippen LogP contribution in [-0.2, 0) is 25.7 Å². The highest BCUT2D eigenvalue weighted by atomic mass is 127. The lowest BCUT2D eigenvalue weighted by atomic mass is 9.94. The fourth-order valence-corrected chi connectivity index (χ4v) is 6.94. The monoisotopic (exact) mass is 790 g/mol. The molecule has 0 unspecified atom stereocenters. The van der Waals surface area contributed by atoms with Crippen LogP contribution in [0.2, 0.25) is 0 Å². The summed E-state index contributed by atoms with van der Waals surface area (Å²) in [6.07, 6.45) is 25.7. The zero-order chi connectivity index (χ0) is 30.4. The summed E-state index contributed by atoms with van der Waals surface area (Å²) < 4.78 is 2.53. The third kappa shape index (κ3) is 14.7. The van der Waals surface area contributed by atoms with Gasteiger partial charge in [0.05, 0.1) is 0 Å². The number of aryl methyl sites for hydroxylation is 4. The van der Waals surface area contributed by atoms with E-state index in [4.69, 9.17) is 0 Å². The molecular weight excluding hydrogens is 734 g/mol. The van der Waals surface area contributed by atoms with Crippen LogP contribution in [0.15, 0.2) is 24.3 Å². The number of unbranched alkanes of at least 4 members (excludes halogenated alkanes) is 12. The van der Waals surface area contributed by atoms with E-state index < -0.39 is 0 Å². The minimum atomic E-state index is 1.14. The molecule has 0 saturated carbocycles. The molecule has 2 heteroatoms. The summed E-state index contributed by atoms with van der Waals surface area (Å²) in [4.78, 5) is 0. The molecule has 0 atom stereocenters. The molecule has 0 saturated heterocycles. The van der Waals surface area contributed by atoms with Gasteiger partial charge < -0.3 is 0 Å². The van der Waals surface area contributed by atoms with Gasteiger partial charge in [0.1, 0.15) is 0 Å². The van der Waals surface area contributed by atoms with Crippen molar-refractivity contribution in [2.75, 3.05) is 0 Å². The fourth-order valence-electron chi connectivity index (χ4n) is 5.61. The van der Waals surface area contributed by atoms with Gasteiger partial charge in [0.25, 0.3) is 0 Å². The van der Waals surface area contributed by atoms with E-state index in [1.807, 2.05) is 0 Å².